The monoisotopic (exact) mass is 607 g/mol. The molecule has 0 radical (unpaired) electrons. The van der Waals surface area contributed by atoms with E-state index in [0.29, 0.717) is 56.7 Å². The van der Waals surface area contributed by atoms with Crippen molar-refractivity contribution < 1.29 is 18.4 Å². The first kappa shape index (κ1) is 31.0. The zero-order valence-corrected chi connectivity index (χ0v) is 25.6. The third-order valence-electron chi connectivity index (χ3n) is 7.38. The minimum Gasteiger partial charge on any atom is -0.365 e. The standard InChI is InChI=1S/C30H37Cl2F2N5O2/c1-6-7-11-35-27(40)20-13-22-24(15-23(20)39-12-10-30(33,34)17-39)38(5)25(37-22)14-19-21(31)9-8-18(26(19)32)16-36-28(41)29(2,3)4/h8-9,13,15H,6-7,10-12,14,16-17H2,1-5H3,(H,35,40)(H,36,41). The van der Waals surface area contributed by atoms with Gasteiger partial charge in [0.1, 0.15) is 5.82 Å². The molecule has 4 rings (SSSR count). The van der Waals surface area contributed by atoms with Crippen molar-refractivity contribution >= 4 is 51.7 Å². The Balaban J connectivity index is 1.69. The van der Waals surface area contributed by atoms with Crippen molar-refractivity contribution in [2.75, 3.05) is 24.5 Å². The Hall–Kier alpha value is -2.91. The summed E-state index contributed by atoms with van der Waals surface area (Å²) in [6.45, 7) is 8.01. The minimum absolute atomic E-state index is 0.0958. The lowest BCUT2D eigenvalue weighted by atomic mass is 9.95. The Kier molecular flexibility index (Phi) is 9.19. The van der Waals surface area contributed by atoms with E-state index >= 15 is 0 Å². The van der Waals surface area contributed by atoms with E-state index < -0.39 is 17.9 Å². The normalized spacial score (nSPS) is 15.0. The summed E-state index contributed by atoms with van der Waals surface area (Å²) in [6, 6.07) is 6.97. The molecule has 2 heterocycles. The average Bonchev–Trinajstić information content (AvgIpc) is 3.42. The van der Waals surface area contributed by atoms with Crippen molar-refractivity contribution in [1.29, 1.82) is 0 Å². The van der Waals surface area contributed by atoms with Gasteiger partial charge in [0.15, 0.2) is 0 Å². The van der Waals surface area contributed by atoms with Gasteiger partial charge in [-0.1, -0.05) is 63.4 Å². The van der Waals surface area contributed by atoms with E-state index in [1.54, 1.807) is 29.2 Å². The molecular weight excluding hydrogens is 571 g/mol. The lowest BCUT2D eigenvalue weighted by molar-refractivity contribution is -0.128. The number of imidazole rings is 1. The van der Waals surface area contributed by atoms with Gasteiger partial charge in [0.25, 0.3) is 11.8 Å². The number of hydrogen-bond acceptors (Lipinski definition) is 4. The molecule has 0 spiro atoms. The van der Waals surface area contributed by atoms with Gasteiger partial charge in [-0.25, -0.2) is 13.8 Å². The average molecular weight is 609 g/mol. The van der Waals surface area contributed by atoms with Gasteiger partial charge in [0.05, 0.1) is 33.9 Å². The van der Waals surface area contributed by atoms with Crippen LogP contribution in [0.3, 0.4) is 0 Å². The number of aryl methyl sites for hydroxylation is 1. The predicted octanol–water partition coefficient (Wildman–Crippen LogP) is 6.51. The van der Waals surface area contributed by atoms with E-state index in [2.05, 4.69) is 10.6 Å². The number of hydrogen-bond donors (Lipinski definition) is 2. The Morgan fingerprint density at radius 1 is 1.15 bits per heavy atom. The summed E-state index contributed by atoms with van der Waals surface area (Å²) in [5, 5.41) is 6.72. The second-order valence-corrected chi connectivity index (χ2v) is 12.5. The number of anilines is 1. The van der Waals surface area contributed by atoms with E-state index in [1.165, 1.54) is 0 Å². The van der Waals surface area contributed by atoms with Gasteiger partial charge in [-0.05, 0) is 35.7 Å². The van der Waals surface area contributed by atoms with Gasteiger partial charge < -0.3 is 20.1 Å². The third-order valence-corrected chi connectivity index (χ3v) is 8.21. The lowest BCUT2D eigenvalue weighted by Crippen LogP contribution is -2.34. The predicted molar refractivity (Wildman–Crippen MR) is 160 cm³/mol. The molecule has 2 aromatic carbocycles. The second-order valence-electron chi connectivity index (χ2n) is 11.7. The molecule has 0 bridgehead atoms. The molecule has 2 N–H and O–H groups in total. The Morgan fingerprint density at radius 3 is 2.51 bits per heavy atom. The summed E-state index contributed by atoms with van der Waals surface area (Å²) in [5.41, 5.74) is 2.91. The van der Waals surface area contributed by atoms with Crippen LogP contribution >= 0.6 is 23.2 Å². The molecule has 11 heteroatoms. The number of halogens is 4. The highest BCUT2D eigenvalue weighted by atomic mass is 35.5. The molecule has 1 saturated heterocycles. The number of benzene rings is 2. The van der Waals surface area contributed by atoms with Crippen LogP contribution in [0, 0.1) is 5.41 Å². The molecule has 1 aliphatic rings. The van der Waals surface area contributed by atoms with Crippen LogP contribution in [0.1, 0.15) is 74.3 Å². The molecule has 0 aliphatic carbocycles. The molecular formula is C30H37Cl2F2N5O2. The summed E-state index contributed by atoms with van der Waals surface area (Å²) >= 11 is 13.3. The highest BCUT2D eigenvalue weighted by Crippen LogP contribution is 2.36. The number of unbranched alkanes of at least 4 members (excludes halogenated alkanes) is 1. The van der Waals surface area contributed by atoms with E-state index in [9.17, 15) is 18.4 Å². The van der Waals surface area contributed by atoms with E-state index in [1.807, 2.05) is 39.3 Å². The maximum atomic E-state index is 14.2. The highest BCUT2D eigenvalue weighted by molar-refractivity contribution is 6.36. The number of amides is 2. The summed E-state index contributed by atoms with van der Waals surface area (Å²) < 4.78 is 30.2. The summed E-state index contributed by atoms with van der Waals surface area (Å²) in [6.07, 6.45) is 1.77. The summed E-state index contributed by atoms with van der Waals surface area (Å²) in [4.78, 5) is 31.9. The van der Waals surface area contributed by atoms with Crippen molar-refractivity contribution in [3.63, 3.8) is 0 Å². The SMILES string of the molecule is CCCCNC(=O)c1cc2nc(Cc3c(Cl)ccc(CNC(=O)C(C)(C)C)c3Cl)n(C)c2cc1N1CCC(F)(F)C1. The molecule has 3 aromatic rings. The van der Waals surface area contributed by atoms with Crippen molar-refractivity contribution in [2.45, 2.75) is 65.8 Å². The Bertz CT molecular complexity index is 1470. The molecule has 222 valence electrons. The quantitative estimate of drug-likeness (QED) is 0.272. The fourth-order valence-corrected chi connectivity index (χ4v) is 5.41. The zero-order chi connectivity index (χ0) is 30.1. The number of alkyl halides is 2. The maximum Gasteiger partial charge on any atom is 0.266 e. The summed E-state index contributed by atoms with van der Waals surface area (Å²) in [7, 11) is 1.84. The molecule has 7 nitrogen and oxygen atoms in total. The number of nitrogens with zero attached hydrogens (tertiary/aromatic N) is 3. The van der Waals surface area contributed by atoms with Crippen LogP contribution in [0.2, 0.25) is 10.0 Å². The number of carbonyl (C=O) groups is 2. The Morgan fingerprint density at radius 2 is 1.88 bits per heavy atom. The molecule has 1 fully saturated rings. The molecule has 0 atom stereocenters. The molecule has 0 unspecified atom stereocenters. The van der Waals surface area contributed by atoms with E-state index in [4.69, 9.17) is 28.2 Å². The van der Waals surface area contributed by atoms with Crippen molar-refractivity contribution in [1.82, 2.24) is 20.2 Å². The number of carbonyl (C=O) groups excluding carboxylic acids is 2. The topological polar surface area (TPSA) is 79.3 Å². The Labute approximate surface area is 249 Å². The van der Waals surface area contributed by atoms with Gasteiger partial charge in [-0.3, -0.25) is 9.59 Å². The van der Waals surface area contributed by atoms with Crippen LogP contribution in [0.25, 0.3) is 11.0 Å². The van der Waals surface area contributed by atoms with Gasteiger partial charge in [0.2, 0.25) is 5.91 Å². The van der Waals surface area contributed by atoms with Crippen LogP contribution in [-0.4, -0.2) is 46.9 Å². The number of aromatic nitrogens is 2. The van der Waals surface area contributed by atoms with Crippen LogP contribution in [0.4, 0.5) is 14.5 Å². The van der Waals surface area contributed by atoms with Crippen molar-refractivity contribution in [2.24, 2.45) is 12.5 Å². The summed E-state index contributed by atoms with van der Waals surface area (Å²) in [5.74, 6) is -2.58. The molecule has 1 aromatic heterocycles. The van der Waals surface area contributed by atoms with Crippen molar-refractivity contribution in [3.05, 3.63) is 56.8 Å². The van der Waals surface area contributed by atoms with Crippen LogP contribution in [0.15, 0.2) is 24.3 Å². The van der Waals surface area contributed by atoms with Crippen molar-refractivity contribution in [3.8, 4) is 0 Å². The largest absolute Gasteiger partial charge is 0.365 e. The maximum absolute atomic E-state index is 14.2. The van der Waals surface area contributed by atoms with E-state index in [-0.39, 0.29) is 31.3 Å². The number of nitrogens with one attached hydrogen (secondary N) is 2. The smallest absolute Gasteiger partial charge is 0.266 e. The first-order valence-electron chi connectivity index (χ1n) is 13.9. The number of fused-ring (bicyclic) bond motifs is 1. The number of rotatable bonds is 9. The molecule has 41 heavy (non-hydrogen) atoms. The lowest BCUT2D eigenvalue weighted by Gasteiger charge is -2.22. The molecule has 2 amide bonds. The van der Waals surface area contributed by atoms with Gasteiger partial charge in [0, 0.05) is 50.0 Å². The van der Waals surface area contributed by atoms with Gasteiger partial charge in [-0.15, -0.1) is 0 Å². The highest BCUT2D eigenvalue weighted by Gasteiger charge is 2.39. The fraction of sp³-hybridized carbons (Fsp3) is 0.500. The van der Waals surface area contributed by atoms with Crippen LogP contribution < -0.4 is 15.5 Å². The van der Waals surface area contributed by atoms with Gasteiger partial charge >= 0.3 is 0 Å². The first-order chi connectivity index (χ1) is 19.2. The third kappa shape index (κ3) is 6.95. The second kappa shape index (κ2) is 12.1. The fourth-order valence-electron chi connectivity index (χ4n) is 4.84. The molecule has 1 aliphatic heterocycles. The van der Waals surface area contributed by atoms with Crippen LogP contribution in [0.5, 0.6) is 0 Å². The van der Waals surface area contributed by atoms with Gasteiger partial charge in [-0.2, -0.15) is 0 Å². The molecule has 0 saturated carbocycles. The van der Waals surface area contributed by atoms with E-state index in [0.717, 1.165) is 18.4 Å². The van der Waals surface area contributed by atoms with Crippen LogP contribution in [-0.2, 0) is 24.8 Å². The minimum atomic E-state index is -2.81. The first-order valence-corrected chi connectivity index (χ1v) is 14.6. The zero-order valence-electron chi connectivity index (χ0n) is 24.1.